The van der Waals surface area contributed by atoms with Crippen LogP contribution in [0.15, 0.2) is 24.3 Å². The van der Waals surface area contributed by atoms with Gasteiger partial charge < -0.3 is 5.32 Å². The minimum absolute atomic E-state index is 0.212. The zero-order valence-corrected chi connectivity index (χ0v) is 12.1. The summed E-state index contributed by atoms with van der Waals surface area (Å²) in [5.41, 5.74) is -0.586. The van der Waals surface area contributed by atoms with Crippen molar-refractivity contribution >= 4 is 23.1 Å². The molecular weight excluding hydrogens is 284 g/mol. The van der Waals surface area contributed by atoms with Crippen molar-refractivity contribution in [3.63, 3.8) is 0 Å². The zero-order valence-electron chi connectivity index (χ0n) is 11.3. The molecule has 0 aliphatic heterocycles. The molecule has 0 bridgehead atoms. The van der Waals surface area contributed by atoms with Crippen molar-refractivity contribution < 1.29 is 8.78 Å². The number of aromatic nitrogens is 2. The topological polar surface area (TPSA) is 37.8 Å². The largest absolute Gasteiger partial charge is 0.335 e. The summed E-state index contributed by atoms with van der Waals surface area (Å²) in [5.74, 6) is -0.655. The van der Waals surface area contributed by atoms with Crippen LogP contribution in [0, 0.1) is 11.6 Å². The van der Waals surface area contributed by atoms with Crippen LogP contribution < -0.4 is 5.32 Å². The summed E-state index contributed by atoms with van der Waals surface area (Å²) in [6.45, 7) is 5.77. The van der Waals surface area contributed by atoms with E-state index >= 15 is 0 Å². The third-order valence-corrected chi connectivity index (χ3v) is 2.78. The summed E-state index contributed by atoms with van der Waals surface area (Å²) in [4.78, 5) is 8.36. The molecule has 3 nitrogen and oxygen atoms in total. The average molecular weight is 298 g/mol. The van der Waals surface area contributed by atoms with E-state index in [0.717, 1.165) is 0 Å². The Hall–Kier alpha value is -1.75. The van der Waals surface area contributed by atoms with Crippen molar-refractivity contribution in [2.45, 2.75) is 26.2 Å². The van der Waals surface area contributed by atoms with Crippen molar-refractivity contribution in [1.82, 2.24) is 9.97 Å². The normalized spacial score (nSPS) is 11.5. The number of hydrogen-bond acceptors (Lipinski definition) is 3. The number of benzene rings is 1. The molecule has 2 aromatic rings. The van der Waals surface area contributed by atoms with Gasteiger partial charge in [-0.2, -0.15) is 0 Å². The maximum Gasteiger partial charge on any atom is 0.149 e. The van der Waals surface area contributed by atoms with Gasteiger partial charge in [0.1, 0.15) is 34.1 Å². The lowest BCUT2D eigenvalue weighted by molar-refractivity contribution is 0.546. The molecule has 0 aliphatic rings. The molecule has 0 saturated heterocycles. The van der Waals surface area contributed by atoms with Crippen LogP contribution in [0.3, 0.4) is 0 Å². The molecule has 0 unspecified atom stereocenters. The lowest BCUT2D eigenvalue weighted by atomic mass is 9.96. The summed E-state index contributed by atoms with van der Waals surface area (Å²) in [6, 6.07) is 5.05. The van der Waals surface area contributed by atoms with Gasteiger partial charge in [0.2, 0.25) is 0 Å². The standard InChI is InChI=1S/C14H14ClF2N3/c1-14(2,3)13-18-10(15)7-11(20-13)19-12-8(16)5-4-6-9(12)17/h4-7H,1-3H3,(H,18,19,20). The van der Waals surface area contributed by atoms with Crippen LogP contribution in [0.25, 0.3) is 0 Å². The van der Waals surface area contributed by atoms with Crippen LogP contribution in [-0.4, -0.2) is 9.97 Å². The number of nitrogens with zero attached hydrogens (tertiary/aromatic N) is 2. The van der Waals surface area contributed by atoms with E-state index in [0.29, 0.717) is 5.82 Å². The average Bonchev–Trinajstić information content (AvgIpc) is 2.32. The van der Waals surface area contributed by atoms with Crippen molar-refractivity contribution in [1.29, 1.82) is 0 Å². The molecule has 2 rings (SSSR count). The maximum atomic E-state index is 13.6. The van der Waals surface area contributed by atoms with E-state index in [1.54, 1.807) is 0 Å². The van der Waals surface area contributed by atoms with Gasteiger partial charge in [0.15, 0.2) is 0 Å². The molecule has 106 valence electrons. The summed E-state index contributed by atoms with van der Waals surface area (Å²) >= 11 is 5.92. The molecule has 1 N–H and O–H groups in total. The second kappa shape index (κ2) is 5.32. The fourth-order valence-electron chi connectivity index (χ4n) is 1.56. The first-order valence-corrected chi connectivity index (χ1v) is 6.41. The number of hydrogen-bond donors (Lipinski definition) is 1. The molecule has 1 aromatic heterocycles. The van der Waals surface area contributed by atoms with Crippen molar-refractivity contribution in [3.05, 3.63) is 46.9 Å². The van der Waals surface area contributed by atoms with E-state index in [9.17, 15) is 8.78 Å². The Labute approximate surface area is 121 Å². The minimum Gasteiger partial charge on any atom is -0.335 e. The van der Waals surface area contributed by atoms with Crippen molar-refractivity contribution in [2.24, 2.45) is 0 Å². The van der Waals surface area contributed by atoms with E-state index in [-0.39, 0.29) is 22.1 Å². The van der Waals surface area contributed by atoms with E-state index in [1.807, 2.05) is 20.8 Å². The Morgan fingerprint density at radius 2 is 1.70 bits per heavy atom. The fourth-order valence-corrected chi connectivity index (χ4v) is 1.75. The van der Waals surface area contributed by atoms with Crippen molar-refractivity contribution in [2.75, 3.05) is 5.32 Å². The molecule has 0 aliphatic carbocycles. The lowest BCUT2D eigenvalue weighted by Crippen LogP contribution is -2.17. The Morgan fingerprint density at radius 3 is 2.25 bits per heavy atom. The molecule has 1 heterocycles. The second-order valence-corrected chi connectivity index (χ2v) is 5.76. The first-order chi connectivity index (χ1) is 9.27. The lowest BCUT2D eigenvalue weighted by Gasteiger charge is -2.18. The van der Waals surface area contributed by atoms with Gasteiger partial charge in [-0.3, -0.25) is 0 Å². The SMILES string of the molecule is CC(C)(C)c1nc(Cl)cc(Nc2c(F)cccc2F)n1. The van der Waals surface area contributed by atoms with Gasteiger partial charge in [0.05, 0.1) is 0 Å². The molecule has 0 radical (unpaired) electrons. The van der Waals surface area contributed by atoms with Gasteiger partial charge in [-0.15, -0.1) is 0 Å². The highest BCUT2D eigenvalue weighted by Gasteiger charge is 2.19. The Morgan fingerprint density at radius 1 is 1.10 bits per heavy atom. The molecule has 0 amide bonds. The molecule has 20 heavy (non-hydrogen) atoms. The molecular formula is C14H14ClF2N3. The number of para-hydroxylation sites is 1. The molecule has 1 aromatic carbocycles. The molecule has 0 fully saturated rings. The van der Waals surface area contributed by atoms with Crippen LogP contribution in [0.4, 0.5) is 20.3 Å². The highest BCUT2D eigenvalue weighted by Crippen LogP contribution is 2.26. The smallest absolute Gasteiger partial charge is 0.149 e. The van der Waals surface area contributed by atoms with Crippen molar-refractivity contribution in [3.8, 4) is 0 Å². The Bertz CT molecular complexity index is 619. The van der Waals surface area contributed by atoms with Gasteiger partial charge in [0.25, 0.3) is 0 Å². The van der Waals surface area contributed by atoms with Crippen LogP contribution in [0.2, 0.25) is 5.15 Å². The maximum absolute atomic E-state index is 13.6. The number of rotatable bonds is 2. The van der Waals surface area contributed by atoms with Gasteiger partial charge in [0, 0.05) is 11.5 Å². The van der Waals surface area contributed by atoms with E-state index < -0.39 is 11.6 Å². The van der Waals surface area contributed by atoms with Crippen LogP contribution in [-0.2, 0) is 5.41 Å². The van der Waals surface area contributed by atoms with E-state index in [1.165, 1.54) is 24.3 Å². The van der Waals surface area contributed by atoms with E-state index in [2.05, 4.69) is 15.3 Å². The number of halogens is 3. The second-order valence-electron chi connectivity index (χ2n) is 5.37. The number of nitrogens with one attached hydrogen (secondary N) is 1. The highest BCUT2D eigenvalue weighted by molar-refractivity contribution is 6.29. The monoisotopic (exact) mass is 297 g/mol. The van der Waals surface area contributed by atoms with Gasteiger partial charge in [-0.05, 0) is 12.1 Å². The summed E-state index contributed by atoms with van der Waals surface area (Å²) in [7, 11) is 0. The fraction of sp³-hybridized carbons (Fsp3) is 0.286. The first-order valence-electron chi connectivity index (χ1n) is 6.03. The Kier molecular flexibility index (Phi) is 3.90. The summed E-state index contributed by atoms with van der Waals surface area (Å²) in [5, 5.41) is 2.82. The molecule has 0 saturated carbocycles. The third kappa shape index (κ3) is 3.22. The molecule has 0 spiro atoms. The Balaban J connectivity index is 2.42. The molecule has 6 heteroatoms. The van der Waals surface area contributed by atoms with Gasteiger partial charge in [-0.25, -0.2) is 18.7 Å². The predicted octanol–water partition coefficient (Wildman–Crippen LogP) is 4.45. The van der Waals surface area contributed by atoms with Gasteiger partial charge in [-0.1, -0.05) is 38.4 Å². The van der Waals surface area contributed by atoms with Gasteiger partial charge >= 0.3 is 0 Å². The zero-order chi connectivity index (χ0) is 14.9. The highest BCUT2D eigenvalue weighted by atomic mass is 35.5. The van der Waals surface area contributed by atoms with E-state index in [4.69, 9.17) is 11.6 Å². The predicted molar refractivity (Wildman–Crippen MR) is 75.4 cm³/mol. The summed E-state index contributed by atoms with van der Waals surface area (Å²) < 4.78 is 27.2. The quantitative estimate of drug-likeness (QED) is 0.832. The minimum atomic E-state index is -0.697. The third-order valence-electron chi connectivity index (χ3n) is 2.58. The van der Waals surface area contributed by atoms with Crippen LogP contribution in [0.1, 0.15) is 26.6 Å². The number of anilines is 2. The first kappa shape index (κ1) is 14.7. The van der Waals surface area contributed by atoms with Crippen LogP contribution >= 0.6 is 11.6 Å². The van der Waals surface area contributed by atoms with Crippen LogP contribution in [0.5, 0.6) is 0 Å². The summed E-state index contributed by atoms with van der Waals surface area (Å²) in [6.07, 6.45) is 0. The molecule has 0 atom stereocenters.